The van der Waals surface area contributed by atoms with Crippen LogP contribution in [0.2, 0.25) is 0 Å². The van der Waals surface area contributed by atoms with E-state index in [4.69, 9.17) is 4.42 Å². The van der Waals surface area contributed by atoms with Gasteiger partial charge in [-0.2, -0.15) is 0 Å². The first-order valence-electron chi connectivity index (χ1n) is 10.2. The number of amides is 2. The number of hydrogen-bond donors (Lipinski definition) is 1. The summed E-state index contributed by atoms with van der Waals surface area (Å²) in [6.45, 7) is 7.27. The first-order chi connectivity index (χ1) is 14.2. The van der Waals surface area contributed by atoms with Crippen LogP contribution in [0.4, 0.5) is 0 Å². The molecule has 158 valence electrons. The fourth-order valence-electron chi connectivity index (χ4n) is 4.37. The van der Waals surface area contributed by atoms with E-state index in [9.17, 15) is 19.5 Å². The van der Waals surface area contributed by atoms with Crippen molar-refractivity contribution in [3.05, 3.63) is 52.5 Å². The third kappa shape index (κ3) is 3.49. The topological polar surface area (TPSA) is 91.1 Å². The van der Waals surface area contributed by atoms with Crippen molar-refractivity contribution in [3.63, 3.8) is 0 Å². The Bertz CT molecular complexity index is 1030. The fourth-order valence-corrected chi connectivity index (χ4v) is 4.37. The zero-order valence-corrected chi connectivity index (χ0v) is 17.5. The van der Waals surface area contributed by atoms with Gasteiger partial charge in [-0.1, -0.05) is 26.0 Å². The van der Waals surface area contributed by atoms with E-state index in [1.54, 1.807) is 34.9 Å². The van der Waals surface area contributed by atoms with Crippen LogP contribution in [0.1, 0.15) is 62.9 Å². The summed E-state index contributed by atoms with van der Waals surface area (Å²) in [4.78, 5) is 41.6. The average molecular weight is 410 g/mol. The van der Waals surface area contributed by atoms with Crippen molar-refractivity contribution in [2.45, 2.75) is 33.6 Å². The molecule has 0 bridgehead atoms. The third-order valence-electron chi connectivity index (χ3n) is 5.96. The lowest BCUT2D eigenvalue weighted by molar-refractivity contribution is 0.0514. The Labute approximate surface area is 175 Å². The maximum atomic E-state index is 13.1. The van der Waals surface area contributed by atoms with Crippen LogP contribution >= 0.6 is 0 Å². The summed E-state index contributed by atoms with van der Waals surface area (Å²) in [6, 6.07) is 6.44. The number of nitrogens with zero attached hydrogens (tertiary/aromatic N) is 2. The van der Waals surface area contributed by atoms with E-state index in [0.717, 1.165) is 0 Å². The molecule has 2 aliphatic rings. The summed E-state index contributed by atoms with van der Waals surface area (Å²) < 4.78 is 5.89. The number of furan rings is 1. The maximum absolute atomic E-state index is 13.1. The van der Waals surface area contributed by atoms with Gasteiger partial charge in [0.25, 0.3) is 11.8 Å². The van der Waals surface area contributed by atoms with Gasteiger partial charge in [-0.25, -0.2) is 0 Å². The van der Waals surface area contributed by atoms with Gasteiger partial charge < -0.3 is 19.3 Å². The quantitative estimate of drug-likeness (QED) is 0.822. The summed E-state index contributed by atoms with van der Waals surface area (Å²) in [7, 11) is 0. The molecule has 1 fully saturated rings. The van der Waals surface area contributed by atoms with Crippen LogP contribution in [0.3, 0.4) is 0 Å². The van der Waals surface area contributed by atoms with Crippen molar-refractivity contribution < 1.29 is 23.9 Å². The van der Waals surface area contributed by atoms with E-state index >= 15 is 0 Å². The summed E-state index contributed by atoms with van der Waals surface area (Å²) in [5.41, 5.74) is 1.26. The van der Waals surface area contributed by atoms with Crippen molar-refractivity contribution in [3.8, 4) is 5.75 Å². The van der Waals surface area contributed by atoms with Gasteiger partial charge in [-0.3, -0.25) is 14.4 Å². The molecule has 4 rings (SSSR count). The highest BCUT2D eigenvalue weighted by molar-refractivity contribution is 6.04. The number of carbonyl (C=O) groups excluding carboxylic acids is 3. The number of para-hydroxylation sites is 1. The molecule has 7 nitrogen and oxygen atoms in total. The van der Waals surface area contributed by atoms with Gasteiger partial charge in [0.05, 0.1) is 11.1 Å². The molecule has 2 aromatic rings. The minimum Gasteiger partial charge on any atom is -0.507 e. The Morgan fingerprint density at radius 1 is 1.00 bits per heavy atom. The number of hydrogen-bond acceptors (Lipinski definition) is 5. The average Bonchev–Trinajstić information content (AvgIpc) is 3.02. The van der Waals surface area contributed by atoms with E-state index < -0.39 is 0 Å². The lowest BCUT2D eigenvalue weighted by Crippen LogP contribution is -2.50. The molecule has 0 atom stereocenters. The number of carbonyl (C=O) groups is 3. The summed E-state index contributed by atoms with van der Waals surface area (Å²) in [5, 5.41) is 9.92. The van der Waals surface area contributed by atoms with Gasteiger partial charge in [0.15, 0.2) is 11.5 Å². The maximum Gasteiger partial charge on any atom is 0.289 e. The molecule has 0 radical (unpaired) electrons. The molecular weight excluding hydrogens is 384 g/mol. The number of phenols is 1. The number of benzene rings is 1. The standard InChI is InChI=1S/C23H26N2O5/c1-14-19-17(27)12-23(2,3)13-18(19)30-20(14)22(29)25-10-8-24(9-11-25)21(28)15-6-4-5-7-16(15)26/h4-7,26H,8-13H2,1-3H3. The van der Waals surface area contributed by atoms with Crippen LogP contribution in [-0.2, 0) is 6.42 Å². The summed E-state index contributed by atoms with van der Waals surface area (Å²) >= 11 is 0. The second-order valence-corrected chi connectivity index (χ2v) is 8.90. The number of Topliss-reactive ketones (excluding diaryl/α,β-unsaturated/α-hetero) is 1. The number of fused-ring (bicyclic) bond motifs is 1. The largest absolute Gasteiger partial charge is 0.507 e. The molecule has 1 N–H and O–H groups in total. The third-order valence-corrected chi connectivity index (χ3v) is 5.96. The van der Waals surface area contributed by atoms with Crippen LogP contribution in [-0.4, -0.2) is 58.7 Å². The molecular formula is C23H26N2O5. The van der Waals surface area contributed by atoms with Crippen LogP contribution in [0, 0.1) is 12.3 Å². The molecule has 30 heavy (non-hydrogen) atoms. The second kappa shape index (κ2) is 7.31. The van der Waals surface area contributed by atoms with Gasteiger partial charge in [0.1, 0.15) is 11.5 Å². The van der Waals surface area contributed by atoms with E-state index in [2.05, 4.69) is 0 Å². The van der Waals surface area contributed by atoms with E-state index in [0.29, 0.717) is 55.9 Å². The zero-order valence-electron chi connectivity index (χ0n) is 17.5. The van der Waals surface area contributed by atoms with Gasteiger partial charge in [-0.15, -0.1) is 0 Å². The zero-order chi connectivity index (χ0) is 21.6. The van der Waals surface area contributed by atoms with Crippen molar-refractivity contribution in [1.29, 1.82) is 0 Å². The first kappa shape index (κ1) is 20.2. The van der Waals surface area contributed by atoms with Crippen LogP contribution in [0.15, 0.2) is 28.7 Å². The molecule has 2 heterocycles. The Hall–Kier alpha value is -3.09. The van der Waals surface area contributed by atoms with Gasteiger partial charge >= 0.3 is 0 Å². The SMILES string of the molecule is Cc1c(C(=O)N2CCN(C(=O)c3ccccc3O)CC2)oc2c1C(=O)CC(C)(C)C2. The van der Waals surface area contributed by atoms with E-state index in [1.165, 1.54) is 6.07 Å². The van der Waals surface area contributed by atoms with Gasteiger partial charge in [0.2, 0.25) is 0 Å². The summed E-state index contributed by atoms with van der Waals surface area (Å²) in [5.74, 6) is 0.307. The minimum absolute atomic E-state index is 0.0274. The Balaban J connectivity index is 1.47. The molecule has 1 aromatic carbocycles. The highest BCUT2D eigenvalue weighted by atomic mass is 16.4. The monoisotopic (exact) mass is 410 g/mol. The number of ketones is 1. The van der Waals surface area contributed by atoms with Gasteiger partial charge in [-0.05, 0) is 24.5 Å². The van der Waals surface area contributed by atoms with Crippen molar-refractivity contribution >= 4 is 17.6 Å². The molecule has 0 spiro atoms. The van der Waals surface area contributed by atoms with Crippen molar-refractivity contribution in [2.75, 3.05) is 26.2 Å². The fraction of sp³-hybridized carbons (Fsp3) is 0.435. The number of rotatable bonds is 2. The molecule has 2 amide bonds. The molecule has 1 aromatic heterocycles. The molecule has 0 saturated carbocycles. The Morgan fingerprint density at radius 2 is 1.60 bits per heavy atom. The van der Waals surface area contributed by atoms with Crippen LogP contribution in [0.5, 0.6) is 5.75 Å². The second-order valence-electron chi connectivity index (χ2n) is 8.90. The predicted molar refractivity (Wildman–Crippen MR) is 110 cm³/mol. The highest BCUT2D eigenvalue weighted by Crippen LogP contribution is 2.38. The normalized spacial score (nSPS) is 18.3. The number of piperazine rings is 1. The molecule has 0 unspecified atom stereocenters. The van der Waals surface area contributed by atoms with Crippen molar-refractivity contribution in [2.24, 2.45) is 5.41 Å². The smallest absolute Gasteiger partial charge is 0.289 e. The summed E-state index contributed by atoms with van der Waals surface area (Å²) in [6.07, 6.45) is 1.08. The molecule has 1 saturated heterocycles. The predicted octanol–water partition coefficient (Wildman–Crippen LogP) is 3.05. The molecule has 1 aliphatic carbocycles. The van der Waals surface area contributed by atoms with E-state index in [1.807, 2.05) is 13.8 Å². The van der Waals surface area contributed by atoms with Crippen molar-refractivity contribution in [1.82, 2.24) is 9.80 Å². The Kier molecular flexibility index (Phi) is 4.92. The Morgan fingerprint density at radius 3 is 2.23 bits per heavy atom. The highest BCUT2D eigenvalue weighted by Gasteiger charge is 2.38. The minimum atomic E-state index is -0.252. The first-order valence-corrected chi connectivity index (χ1v) is 10.2. The van der Waals surface area contributed by atoms with E-state index in [-0.39, 0.29) is 40.1 Å². The van der Waals surface area contributed by atoms with Crippen LogP contribution < -0.4 is 0 Å². The lowest BCUT2D eigenvalue weighted by Gasteiger charge is -2.34. The van der Waals surface area contributed by atoms with Gasteiger partial charge in [0, 0.05) is 44.6 Å². The molecule has 7 heteroatoms. The van der Waals surface area contributed by atoms with Crippen LogP contribution in [0.25, 0.3) is 0 Å². The lowest BCUT2D eigenvalue weighted by atomic mass is 9.76. The molecule has 1 aliphatic heterocycles. The number of aromatic hydroxyl groups is 1. The number of phenolic OH excluding ortho intramolecular Hbond substituents is 1.